The van der Waals surface area contributed by atoms with Gasteiger partial charge < -0.3 is 9.47 Å². The molecule has 118 valence electrons. The third-order valence-corrected chi connectivity index (χ3v) is 5.58. The second-order valence-corrected chi connectivity index (χ2v) is 7.02. The summed E-state index contributed by atoms with van der Waals surface area (Å²) < 4.78 is 77.6. The zero-order valence-electron chi connectivity index (χ0n) is 10.7. The molecular weight excluding hydrogens is 317 g/mol. The Balaban J connectivity index is 1.97. The van der Waals surface area contributed by atoms with Gasteiger partial charge in [0.2, 0.25) is 0 Å². The first kappa shape index (κ1) is 14.8. The van der Waals surface area contributed by atoms with E-state index in [1.54, 1.807) is 0 Å². The lowest BCUT2D eigenvalue weighted by molar-refractivity contribution is -0.199. The molecular formula is C11H11F3O6S. The summed E-state index contributed by atoms with van der Waals surface area (Å²) in [7, 11) is -4.41. The van der Waals surface area contributed by atoms with Crippen LogP contribution >= 0.6 is 0 Å². The SMILES string of the molecule is C=C(C)C(=O)OC1C2OS(=O)(=O)C3C2OC1C3C(F)(F)F. The van der Waals surface area contributed by atoms with Crippen molar-refractivity contribution < 1.29 is 40.0 Å². The molecule has 0 radical (unpaired) electrons. The number of hydrogen-bond donors (Lipinski definition) is 0. The van der Waals surface area contributed by atoms with Gasteiger partial charge in [-0.2, -0.15) is 21.6 Å². The predicted octanol–water partition coefficient (Wildman–Crippen LogP) is 0.531. The summed E-state index contributed by atoms with van der Waals surface area (Å²) in [6.45, 7) is 4.65. The molecule has 0 aliphatic carbocycles. The van der Waals surface area contributed by atoms with Crippen LogP contribution < -0.4 is 0 Å². The Hall–Kier alpha value is -1.13. The van der Waals surface area contributed by atoms with Crippen molar-refractivity contribution in [2.45, 2.75) is 42.8 Å². The van der Waals surface area contributed by atoms with Gasteiger partial charge in [0.25, 0.3) is 10.1 Å². The Labute approximate surface area is 118 Å². The van der Waals surface area contributed by atoms with Crippen LogP contribution in [0, 0.1) is 5.92 Å². The van der Waals surface area contributed by atoms with Crippen molar-refractivity contribution in [3.05, 3.63) is 12.2 Å². The Morgan fingerprint density at radius 3 is 2.38 bits per heavy atom. The van der Waals surface area contributed by atoms with Crippen LogP contribution in [0.15, 0.2) is 12.2 Å². The van der Waals surface area contributed by atoms with Gasteiger partial charge in [0.05, 0.1) is 0 Å². The molecule has 6 atom stereocenters. The lowest BCUT2D eigenvalue weighted by Crippen LogP contribution is -2.52. The van der Waals surface area contributed by atoms with Gasteiger partial charge in [-0.25, -0.2) is 4.79 Å². The average molecular weight is 328 g/mol. The topological polar surface area (TPSA) is 78.9 Å². The average Bonchev–Trinajstić information content (AvgIpc) is 2.89. The molecule has 0 saturated carbocycles. The van der Waals surface area contributed by atoms with E-state index >= 15 is 0 Å². The Morgan fingerprint density at radius 1 is 1.24 bits per heavy atom. The van der Waals surface area contributed by atoms with Crippen LogP contribution in [0.5, 0.6) is 0 Å². The van der Waals surface area contributed by atoms with Crippen LogP contribution in [0.25, 0.3) is 0 Å². The number of carbonyl (C=O) groups excluding carboxylic acids is 1. The summed E-state index contributed by atoms with van der Waals surface area (Å²) in [6.07, 6.45) is -10.3. The molecule has 3 aliphatic rings. The second-order valence-electron chi connectivity index (χ2n) is 5.30. The van der Waals surface area contributed by atoms with E-state index in [9.17, 15) is 26.4 Å². The maximum Gasteiger partial charge on any atom is 0.395 e. The number of esters is 1. The summed E-state index contributed by atoms with van der Waals surface area (Å²) in [5.74, 6) is -3.18. The molecule has 10 heteroatoms. The van der Waals surface area contributed by atoms with Crippen molar-refractivity contribution in [1.82, 2.24) is 0 Å². The zero-order chi connectivity index (χ0) is 15.7. The third kappa shape index (κ3) is 2.00. The standard InChI is InChI=1S/C11H11F3O6S/c1-3(2)10(15)19-6-5-4(11(12,13)14)9-8(18-5)7(6)20-21(9,16)17/h4-9H,1H2,2H3. The van der Waals surface area contributed by atoms with Crippen LogP contribution in [0.2, 0.25) is 0 Å². The minimum absolute atomic E-state index is 0.0151. The van der Waals surface area contributed by atoms with E-state index in [0.29, 0.717) is 0 Å². The first-order valence-electron chi connectivity index (χ1n) is 6.05. The molecule has 0 amide bonds. The van der Waals surface area contributed by atoms with Gasteiger partial charge in [-0.1, -0.05) is 6.58 Å². The number of halogens is 3. The first-order valence-corrected chi connectivity index (χ1v) is 7.52. The minimum atomic E-state index is -4.80. The second kappa shape index (κ2) is 4.20. The van der Waals surface area contributed by atoms with Gasteiger partial charge in [-0.3, -0.25) is 4.18 Å². The molecule has 3 fully saturated rings. The van der Waals surface area contributed by atoms with Crippen LogP contribution in [-0.4, -0.2) is 50.2 Å². The number of ether oxygens (including phenoxy) is 2. The molecule has 21 heavy (non-hydrogen) atoms. The third-order valence-electron chi connectivity index (χ3n) is 3.87. The van der Waals surface area contributed by atoms with E-state index in [4.69, 9.17) is 9.47 Å². The van der Waals surface area contributed by atoms with Crippen molar-refractivity contribution in [2.24, 2.45) is 5.92 Å². The summed E-state index contributed by atoms with van der Waals surface area (Å²) in [5.41, 5.74) is -0.0151. The molecule has 0 aromatic rings. The number of fused-ring (bicyclic) bond motifs is 1. The molecule has 0 aromatic carbocycles. The van der Waals surface area contributed by atoms with Crippen molar-refractivity contribution in [3.8, 4) is 0 Å². The van der Waals surface area contributed by atoms with E-state index in [2.05, 4.69) is 10.8 Å². The largest absolute Gasteiger partial charge is 0.453 e. The van der Waals surface area contributed by atoms with E-state index in [1.165, 1.54) is 6.92 Å². The maximum absolute atomic E-state index is 13.1. The fourth-order valence-electron chi connectivity index (χ4n) is 3.06. The Bertz CT molecular complexity index is 612. The highest BCUT2D eigenvalue weighted by molar-refractivity contribution is 7.87. The number of alkyl halides is 3. The smallest absolute Gasteiger partial charge is 0.395 e. The van der Waals surface area contributed by atoms with Crippen molar-refractivity contribution in [1.29, 1.82) is 0 Å². The first-order chi connectivity index (χ1) is 9.54. The fourth-order valence-corrected chi connectivity index (χ4v) is 4.93. The monoisotopic (exact) mass is 328 g/mol. The molecule has 0 aromatic heterocycles. The summed E-state index contributed by atoms with van der Waals surface area (Å²) >= 11 is 0. The van der Waals surface area contributed by atoms with E-state index in [1.807, 2.05) is 0 Å². The van der Waals surface area contributed by atoms with E-state index < -0.39 is 57.8 Å². The molecule has 6 unspecified atom stereocenters. The summed E-state index contributed by atoms with van der Waals surface area (Å²) in [5, 5.41) is -1.80. The molecule has 3 saturated heterocycles. The number of carbonyl (C=O) groups is 1. The van der Waals surface area contributed by atoms with Gasteiger partial charge >= 0.3 is 12.1 Å². The highest BCUT2D eigenvalue weighted by Crippen LogP contribution is 2.55. The van der Waals surface area contributed by atoms with Crippen LogP contribution in [0.4, 0.5) is 13.2 Å². The van der Waals surface area contributed by atoms with Gasteiger partial charge in [0.15, 0.2) is 6.10 Å². The summed E-state index contributed by atoms with van der Waals surface area (Å²) in [6, 6.07) is 0. The van der Waals surface area contributed by atoms with E-state index in [0.717, 1.165) is 0 Å². The molecule has 3 aliphatic heterocycles. The minimum Gasteiger partial charge on any atom is -0.453 e. The van der Waals surface area contributed by atoms with Gasteiger partial charge in [0.1, 0.15) is 29.5 Å². The highest BCUT2D eigenvalue weighted by Gasteiger charge is 2.76. The fraction of sp³-hybridized carbons (Fsp3) is 0.727. The maximum atomic E-state index is 13.1. The van der Waals surface area contributed by atoms with Crippen molar-refractivity contribution in [2.75, 3.05) is 0 Å². The Kier molecular flexibility index (Phi) is 2.96. The van der Waals surface area contributed by atoms with Crippen LogP contribution in [0.3, 0.4) is 0 Å². The van der Waals surface area contributed by atoms with Gasteiger partial charge in [0, 0.05) is 5.57 Å². The molecule has 6 nitrogen and oxygen atoms in total. The number of hydrogen-bond acceptors (Lipinski definition) is 6. The predicted molar refractivity (Wildman–Crippen MR) is 60.5 cm³/mol. The quantitative estimate of drug-likeness (QED) is 0.418. The molecule has 2 bridgehead atoms. The van der Waals surface area contributed by atoms with E-state index in [-0.39, 0.29) is 5.57 Å². The Morgan fingerprint density at radius 2 is 1.86 bits per heavy atom. The molecule has 0 spiro atoms. The van der Waals surface area contributed by atoms with Crippen molar-refractivity contribution >= 4 is 16.1 Å². The van der Waals surface area contributed by atoms with Crippen LogP contribution in [0.1, 0.15) is 6.92 Å². The zero-order valence-corrected chi connectivity index (χ0v) is 11.5. The molecule has 3 heterocycles. The van der Waals surface area contributed by atoms with Crippen LogP contribution in [-0.2, 0) is 28.6 Å². The number of rotatable bonds is 2. The normalized spacial score (nSPS) is 43.0. The molecule has 0 N–H and O–H groups in total. The summed E-state index contributed by atoms with van der Waals surface area (Å²) in [4.78, 5) is 11.5. The lowest BCUT2D eigenvalue weighted by Gasteiger charge is -2.29. The van der Waals surface area contributed by atoms with Gasteiger partial charge in [-0.15, -0.1) is 0 Å². The molecule has 3 rings (SSSR count). The van der Waals surface area contributed by atoms with Gasteiger partial charge in [-0.05, 0) is 6.92 Å². The highest BCUT2D eigenvalue weighted by atomic mass is 32.2. The lowest BCUT2D eigenvalue weighted by atomic mass is 9.84. The van der Waals surface area contributed by atoms with Crippen molar-refractivity contribution in [3.63, 3.8) is 0 Å².